The standard InChI is InChI=1S/C14H17N3OS/c1-15-13-6-5-11(10-16-13)14(18)17(2)8-7-12-4-3-9-19-12/h3-6,9-10H,7-8H2,1-2H3,(H,15,16). The highest BCUT2D eigenvalue weighted by Crippen LogP contribution is 2.11. The van der Waals surface area contributed by atoms with E-state index in [2.05, 4.69) is 21.7 Å². The summed E-state index contributed by atoms with van der Waals surface area (Å²) < 4.78 is 0. The van der Waals surface area contributed by atoms with E-state index in [0.29, 0.717) is 12.1 Å². The van der Waals surface area contributed by atoms with E-state index in [1.165, 1.54) is 4.88 Å². The average molecular weight is 275 g/mol. The number of carbonyl (C=O) groups excluding carboxylic acids is 1. The van der Waals surface area contributed by atoms with Crippen LogP contribution in [0.25, 0.3) is 0 Å². The maximum Gasteiger partial charge on any atom is 0.255 e. The van der Waals surface area contributed by atoms with E-state index < -0.39 is 0 Å². The molecule has 0 saturated heterocycles. The van der Waals surface area contributed by atoms with Gasteiger partial charge in [0.2, 0.25) is 0 Å². The predicted octanol–water partition coefficient (Wildman–Crippen LogP) is 2.50. The molecule has 0 aliphatic heterocycles. The molecule has 0 spiro atoms. The first-order valence-electron chi connectivity index (χ1n) is 6.12. The van der Waals surface area contributed by atoms with E-state index in [4.69, 9.17) is 0 Å². The highest BCUT2D eigenvalue weighted by Gasteiger charge is 2.12. The Balaban J connectivity index is 1.94. The Morgan fingerprint density at radius 2 is 2.26 bits per heavy atom. The lowest BCUT2D eigenvalue weighted by Crippen LogP contribution is -2.28. The van der Waals surface area contributed by atoms with Crippen molar-refractivity contribution in [1.82, 2.24) is 9.88 Å². The number of hydrogen-bond acceptors (Lipinski definition) is 4. The van der Waals surface area contributed by atoms with Gasteiger partial charge in [0.25, 0.3) is 5.91 Å². The molecule has 5 heteroatoms. The molecule has 19 heavy (non-hydrogen) atoms. The van der Waals surface area contributed by atoms with Crippen molar-refractivity contribution < 1.29 is 4.79 Å². The highest BCUT2D eigenvalue weighted by molar-refractivity contribution is 7.09. The lowest BCUT2D eigenvalue weighted by molar-refractivity contribution is 0.0796. The van der Waals surface area contributed by atoms with Gasteiger partial charge in [0.05, 0.1) is 5.56 Å². The summed E-state index contributed by atoms with van der Waals surface area (Å²) in [5, 5.41) is 4.98. The highest BCUT2D eigenvalue weighted by atomic mass is 32.1. The second kappa shape index (κ2) is 6.33. The van der Waals surface area contributed by atoms with Crippen LogP contribution in [0.2, 0.25) is 0 Å². The molecule has 1 amide bonds. The molecule has 4 nitrogen and oxygen atoms in total. The predicted molar refractivity (Wildman–Crippen MR) is 78.8 cm³/mol. The zero-order valence-corrected chi connectivity index (χ0v) is 11.9. The molecule has 0 unspecified atom stereocenters. The molecule has 0 fully saturated rings. The first-order valence-corrected chi connectivity index (χ1v) is 7.00. The number of nitrogens with one attached hydrogen (secondary N) is 1. The second-order valence-electron chi connectivity index (χ2n) is 4.24. The van der Waals surface area contributed by atoms with Crippen molar-refractivity contribution in [3.63, 3.8) is 0 Å². The number of pyridine rings is 1. The Hall–Kier alpha value is -1.88. The molecule has 100 valence electrons. The van der Waals surface area contributed by atoms with E-state index in [1.807, 2.05) is 13.1 Å². The van der Waals surface area contributed by atoms with Crippen LogP contribution in [0, 0.1) is 0 Å². The molecule has 1 N–H and O–H groups in total. The van der Waals surface area contributed by atoms with Crippen LogP contribution < -0.4 is 5.32 Å². The molecule has 2 aromatic rings. The largest absolute Gasteiger partial charge is 0.373 e. The van der Waals surface area contributed by atoms with Crippen molar-refractivity contribution >= 4 is 23.1 Å². The SMILES string of the molecule is CNc1ccc(C(=O)N(C)CCc2cccs2)cn1. The molecule has 0 bridgehead atoms. The summed E-state index contributed by atoms with van der Waals surface area (Å²) in [6.45, 7) is 0.715. The van der Waals surface area contributed by atoms with Crippen LogP contribution in [0.3, 0.4) is 0 Å². The summed E-state index contributed by atoms with van der Waals surface area (Å²) >= 11 is 1.72. The summed E-state index contributed by atoms with van der Waals surface area (Å²) in [5.74, 6) is 0.768. The molecular weight excluding hydrogens is 258 g/mol. The third kappa shape index (κ3) is 3.54. The van der Waals surface area contributed by atoms with E-state index in [1.54, 1.807) is 41.6 Å². The third-order valence-corrected chi connectivity index (χ3v) is 3.82. The van der Waals surface area contributed by atoms with Crippen molar-refractivity contribution in [1.29, 1.82) is 0 Å². The Bertz CT molecular complexity index is 522. The second-order valence-corrected chi connectivity index (χ2v) is 5.27. The third-order valence-electron chi connectivity index (χ3n) is 2.89. The zero-order chi connectivity index (χ0) is 13.7. The molecule has 2 heterocycles. The van der Waals surface area contributed by atoms with Crippen LogP contribution in [0.5, 0.6) is 0 Å². The van der Waals surface area contributed by atoms with Crippen molar-refractivity contribution in [2.45, 2.75) is 6.42 Å². The van der Waals surface area contributed by atoms with Crippen molar-refractivity contribution in [3.05, 3.63) is 46.3 Å². The molecule has 0 radical (unpaired) electrons. The molecule has 0 aliphatic rings. The minimum Gasteiger partial charge on any atom is -0.373 e. The van der Waals surface area contributed by atoms with Crippen LogP contribution in [0.15, 0.2) is 35.8 Å². The molecule has 0 aliphatic carbocycles. The summed E-state index contributed by atoms with van der Waals surface area (Å²) in [7, 11) is 3.62. The molecular formula is C14H17N3OS. The fraction of sp³-hybridized carbons (Fsp3) is 0.286. The Labute approximate surface area is 117 Å². The number of rotatable bonds is 5. The molecule has 0 saturated carbocycles. The van der Waals surface area contributed by atoms with Crippen LogP contribution in [-0.2, 0) is 6.42 Å². The fourth-order valence-electron chi connectivity index (χ4n) is 1.72. The quantitative estimate of drug-likeness (QED) is 0.912. The first-order chi connectivity index (χ1) is 9.20. The van der Waals surface area contributed by atoms with Crippen LogP contribution >= 0.6 is 11.3 Å². The molecule has 0 aromatic carbocycles. The van der Waals surface area contributed by atoms with Crippen LogP contribution in [-0.4, -0.2) is 36.4 Å². The molecule has 2 aromatic heterocycles. The van der Waals surface area contributed by atoms with E-state index >= 15 is 0 Å². The molecule has 0 atom stereocenters. The van der Waals surface area contributed by atoms with Crippen LogP contribution in [0.4, 0.5) is 5.82 Å². The van der Waals surface area contributed by atoms with Crippen molar-refractivity contribution in [2.75, 3.05) is 26.0 Å². The fourth-order valence-corrected chi connectivity index (χ4v) is 2.42. The summed E-state index contributed by atoms with van der Waals surface area (Å²) in [6.07, 6.45) is 2.50. The zero-order valence-electron chi connectivity index (χ0n) is 11.1. The van der Waals surface area contributed by atoms with Gasteiger partial charge in [0.1, 0.15) is 5.82 Å². The number of thiophene rings is 1. The number of aromatic nitrogens is 1. The van der Waals surface area contributed by atoms with Crippen LogP contribution in [0.1, 0.15) is 15.2 Å². The van der Waals surface area contributed by atoms with E-state index in [9.17, 15) is 4.79 Å². The van der Waals surface area contributed by atoms with Gasteiger partial charge in [-0.2, -0.15) is 0 Å². The van der Waals surface area contributed by atoms with E-state index in [0.717, 1.165) is 12.2 Å². The smallest absolute Gasteiger partial charge is 0.255 e. The first kappa shape index (κ1) is 13.5. The Morgan fingerprint density at radius 1 is 1.42 bits per heavy atom. The van der Waals surface area contributed by atoms with Crippen molar-refractivity contribution in [3.8, 4) is 0 Å². The maximum atomic E-state index is 12.2. The monoisotopic (exact) mass is 275 g/mol. The minimum absolute atomic E-state index is 0.00621. The number of hydrogen-bond donors (Lipinski definition) is 1. The number of carbonyl (C=O) groups is 1. The van der Waals surface area contributed by atoms with Gasteiger partial charge in [-0.25, -0.2) is 4.98 Å². The van der Waals surface area contributed by atoms with Crippen molar-refractivity contribution in [2.24, 2.45) is 0 Å². The van der Waals surface area contributed by atoms with Gasteiger partial charge in [-0.1, -0.05) is 6.07 Å². The Kier molecular flexibility index (Phi) is 4.52. The van der Waals surface area contributed by atoms with Gasteiger partial charge in [0, 0.05) is 31.7 Å². The number of anilines is 1. The van der Waals surface area contributed by atoms with Gasteiger partial charge in [-0.05, 0) is 30.0 Å². The van der Waals surface area contributed by atoms with Gasteiger partial charge in [-0.15, -0.1) is 11.3 Å². The lowest BCUT2D eigenvalue weighted by Gasteiger charge is -2.16. The van der Waals surface area contributed by atoms with Gasteiger partial charge in [-0.3, -0.25) is 4.79 Å². The topological polar surface area (TPSA) is 45.2 Å². The lowest BCUT2D eigenvalue weighted by atomic mass is 10.2. The van der Waals surface area contributed by atoms with Gasteiger partial charge >= 0.3 is 0 Å². The summed E-state index contributed by atoms with van der Waals surface area (Å²) in [6, 6.07) is 7.72. The summed E-state index contributed by atoms with van der Waals surface area (Å²) in [5.41, 5.74) is 0.618. The number of nitrogens with zero attached hydrogens (tertiary/aromatic N) is 2. The van der Waals surface area contributed by atoms with Gasteiger partial charge < -0.3 is 10.2 Å². The van der Waals surface area contributed by atoms with Gasteiger partial charge in [0.15, 0.2) is 0 Å². The average Bonchev–Trinajstić information content (AvgIpc) is 2.97. The number of amides is 1. The van der Waals surface area contributed by atoms with E-state index in [-0.39, 0.29) is 5.91 Å². The number of likely N-dealkylation sites (N-methyl/N-ethyl adjacent to an activating group) is 1. The Morgan fingerprint density at radius 3 is 2.84 bits per heavy atom. The molecule has 2 rings (SSSR count). The maximum absolute atomic E-state index is 12.2. The normalized spacial score (nSPS) is 10.2. The minimum atomic E-state index is 0.00621. The summed E-state index contributed by atoms with van der Waals surface area (Å²) in [4.78, 5) is 19.4.